The van der Waals surface area contributed by atoms with Crippen molar-refractivity contribution in [2.45, 2.75) is 19.9 Å². The molecule has 0 fully saturated rings. The molecule has 0 aliphatic heterocycles. The first-order valence-corrected chi connectivity index (χ1v) is 5.97. The summed E-state index contributed by atoms with van der Waals surface area (Å²) >= 11 is 0.544. The van der Waals surface area contributed by atoms with Crippen LogP contribution < -0.4 is 5.32 Å². The second-order valence-corrected chi connectivity index (χ2v) is 5.05. The van der Waals surface area contributed by atoms with Crippen molar-refractivity contribution in [2.24, 2.45) is 5.92 Å². The van der Waals surface area contributed by atoms with Crippen LogP contribution in [0.4, 0.5) is 15.7 Å². The van der Waals surface area contributed by atoms with Crippen LogP contribution in [-0.2, 0) is 4.79 Å². The normalized spacial score (nSPS) is 12.2. The predicted octanol–water partition coefficient (Wildman–Crippen LogP) is 2.09. The Kier molecular flexibility index (Phi) is 4.38. The summed E-state index contributed by atoms with van der Waals surface area (Å²) in [6.07, 6.45) is 0. The van der Waals surface area contributed by atoms with Gasteiger partial charge in [-0.25, -0.2) is 4.79 Å². The minimum atomic E-state index is -1.18. The molecular weight excluding hydrogens is 278 g/mol. The molecule has 0 aliphatic rings. The number of carbonyl (C=O) groups is 1. The van der Waals surface area contributed by atoms with Crippen LogP contribution in [0.3, 0.4) is 0 Å². The predicted molar refractivity (Wildman–Crippen MR) is 67.5 cm³/mol. The van der Waals surface area contributed by atoms with Crippen LogP contribution >= 0.6 is 11.3 Å². The lowest BCUT2D eigenvalue weighted by Gasteiger charge is -2.17. The van der Waals surface area contributed by atoms with Crippen LogP contribution in [0, 0.1) is 26.1 Å². The summed E-state index contributed by atoms with van der Waals surface area (Å²) in [5, 5.41) is 32.3. The maximum Gasteiger partial charge on any atom is 0.333 e. The Labute approximate surface area is 111 Å². The topological polar surface area (TPSA) is 136 Å². The lowest BCUT2D eigenvalue weighted by atomic mass is 10.1. The summed E-state index contributed by atoms with van der Waals surface area (Å²) in [6, 6.07) is -0.247. The van der Waals surface area contributed by atoms with Gasteiger partial charge in [-0.2, -0.15) is 0 Å². The van der Waals surface area contributed by atoms with E-state index in [9.17, 15) is 25.0 Å². The van der Waals surface area contributed by atoms with Gasteiger partial charge in [-0.05, 0) is 17.3 Å². The summed E-state index contributed by atoms with van der Waals surface area (Å²) in [5.41, 5.74) is -0.497. The molecule has 0 aromatic carbocycles. The highest BCUT2D eigenvalue weighted by atomic mass is 32.1. The molecule has 0 unspecified atom stereocenters. The largest absolute Gasteiger partial charge is 0.480 e. The van der Waals surface area contributed by atoms with Gasteiger partial charge in [0.05, 0.1) is 9.85 Å². The minimum absolute atomic E-state index is 0.127. The van der Waals surface area contributed by atoms with E-state index in [1.807, 2.05) is 0 Å². The van der Waals surface area contributed by atoms with E-state index in [1.165, 1.54) is 0 Å². The monoisotopic (exact) mass is 289 g/mol. The van der Waals surface area contributed by atoms with Crippen molar-refractivity contribution in [1.29, 1.82) is 0 Å². The number of thiophene rings is 1. The van der Waals surface area contributed by atoms with Gasteiger partial charge in [0.25, 0.3) is 0 Å². The molecular formula is C9H11N3O6S. The molecule has 10 heteroatoms. The van der Waals surface area contributed by atoms with Gasteiger partial charge in [0.2, 0.25) is 0 Å². The lowest BCUT2D eigenvalue weighted by Crippen LogP contribution is -2.34. The van der Waals surface area contributed by atoms with Crippen LogP contribution in [0.2, 0.25) is 0 Å². The molecule has 1 aromatic rings. The molecule has 104 valence electrons. The van der Waals surface area contributed by atoms with E-state index in [0.29, 0.717) is 11.3 Å². The number of anilines is 1. The number of nitrogens with zero attached hydrogens (tertiary/aromatic N) is 2. The average Bonchev–Trinajstić information content (AvgIpc) is 2.68. The smallest absolute Gasteiger partial charge is 0.333 e. The van der Waals surface area contributed by atoms with Crippen molar-refractivity contribution in [3.8, 4) is 0 Å². The fraction of sp³-hybridized carbons (Fsp3) is 0.444. The number of nitrogens with one attached hydrogen (secondary N) is 1. The van der Waals surface area contributed by atoms with Gasteiger partial charge in [0.1, 0.15) is 12.1 Å². The molecule has 0 amide bonds. The molecule has 9 nitrogen and oxygen atoms in total. The second-order valence-electron chi connectivity index (χ2n) is 4.02. The van der Waals surface area contributed by atoms with E-state index in [2.05, 4.69) is 5.32 Å². The van der Waals surface area contributed by atoms with Crippen LogP contribution in [0.1, 0.15) is 13.8 Å². The van der Waals surface area contributed by atoms with E-state index in [0.717, 1.165) is 6.07 Å². The van der Waals surface area contributed by atoms with Crippen LogP contribution in [0.25, 0.3) is 0 Å². The van der Waals surface area contributed by atoms with Gasteiger partial charge in [0, 0.05) is 0 Å². The van der Waals surface area contributed by atoms with Gasteiger partial charge < -0.3 is 10.4 Å². The highest BCUT2D eigenvalue weighted by molar-refractivity contribution is 7.19. The van der Waals surface area contributed by atoms with Crippen LogP contribution in [0.15, 0.2) is 6.07 Å². The molecule has 1 atom stereocenters. The van der Waals surface area contributed by atoms with Crippen molar-refractivity contribution < 1.29 is 19.7 Å². The van der Waals surface area contributed by atoms with Crippen LogP contribution in [-0.4, -0.2) is 27.0 Å². The molecule has 1 aromatic heterocycles. The fourth-order valence-corrected chi connectivity index (χ4v) is 2.23. The molecule has 1 rings (SSSR count). The molecule has 19 heavy (non-hydrogen) atoms. The number of aliphatic carboxylic acids is 1. The number of nitro groups is 2. The third-order valence-electron chi connectivity index (χ3n) is 2.30. The number of carboxylic acid groups (broad SMARTS) is 1. The third-order valence-corrected chi connectivity index (χ3v) is 3.30. The Morgan fingerprint density at radius 3 is 2.32 bits per heavy atom. The Balaban J connectivity index is 3.14. The standard InChI is InChI=1S/C9H11N3O6S/c1-4(2)7(9(13)14)10-8-5(11(15)16)3-6(19-8)12(17)18/h3-4,7,10H,1-2H3,(H,13,14)/t7-/m0/s1. The quantitative estimate of drug-likeness (QED) is 0.604. The second kappa shape index (κ2) is 5.61. The summed E-state index contributed by atoms with van der Waals surface area (Å²) in [7, 11) is 0. The first-order valence-electron chi connectivity index (χ1n) is 5.16. The zero-order valence-electron chi connectivity index (χ0n) is 10.0. The highest BCUT2D eigenvalue weighted by Gasteiger charge is 2.29. The molecule has 0 aliphatic carbocycles. The van der Waals surface area contributed by atoms with Crippen molar-refractivity contribution in [3.05, 3.63) is 26.3 Å². The average molecular weight is 289 g/mol. The zero-order valence-corrected chi connectivity index (χ0v) is 10.8. The summed E-state index contributed by atoms with van der Waals surface area (Å²) in [6.45, 7) is 3.25. The molecule has 0 bridgehead atoms. The molecule has 0 radical (unpaired) electrons. The van der Waals surface area contributed by atoms with Crippen LogP contribution in [0.5, 0.6) is 0 Å². The van der Waals surface area contributed by atoms with Gasteiger partial charge >= 0.3 is 16.7 Å². The number of hydrogen-bond donors (Lipinski definition) is 2. The van der Waals surface area contributed by atoms with E-state index >= 15 is 0 Å². The van der Waals surface area contributed by atoms with E-state index in [-0.39, 0.29) is 10.9 Å². The number of carboxylic acids is 1. The zero-order chi connectivity index (χ0) is 14.7. The lowest BCUT2D eigenvalue weighted by molar-refractivity contribution is -0.389. The Hall–Kier alpha value is -2.23. The molecule has 0 saturated carbocycles. The maximum absolute atomic E-state index is 11.0. The third kappa shape index (κ3) is 3.37. The van der Waals surface area contributed by atoms with E-state index < -0.39 is 32.5 Å². The van der Waals surface area contributed by atoms with Crippen molar-refractivity contribution >= 4 is 33.0 Å². The van der Waals surface area contributed by atoms with Gasteiger partial charge in [-0.3, -0.25) is 20.2 Å². The van der Waals surface area contributed by atoms with E-state index in [4.69, 9.17) is 5.11 Å². The molecule has 0 saturated heterocycles. The summed E-state index contributed by atoms with van der Waals surface area (Å²) in [5.74, 6) is -1.52. The maximum atomic E-state index is 11.0. The Morgan fingerprint density at radius 2 is 1.95 bits per heavy atom. The van der Waals surface area contributed by atoms with Crippen molar-refractivity contribution in [3.63, 3.8) is 0 Å². The molecule has 1 heterocycles. The fourth-order valence-electron chi connectivity index (χ4n) is 1.35. The Bertz CT molecular complexity index is 526. The van der Waals surface area contributed by atoms with Gasteiger partial charge in [-0.15, -0.1) is 0 Å². The first kappa shape index (κ1) is 14.8. The highest BCUT2D eigenvalue weighted by Crippen LogP contribution is 2.39. The minimum Gasteiger partial charge on any atom is -0.480 e. The van der Waals surface area contributed by atoms with Crippen molar-refractivity contribution in [2.75, 3.05) is 5.32 Å². The first-order chi connectivity index (χ1) is 8.73. The summed E-state index contributed by atoms with van der Waals surface area (Å²) in [4.78, 5) is 30.8. The number of rotatable bonds is 6. The molecule has 2 N–H and O–H groups in total. The van der Waals surface area contributed by atoms with E-state index in [1.54, 1.807) is 13.8 Å². The van der Waals surface area contributed by atoms with Crippen molar-refractivity contribution in [1.82, 2.24) is 0 Å². The summed E-state index contributed by atoms with van der Waals surface area (Å²) < 4.78 is 0. The van der Waals surface area contributed by atoms with Gasteiger partial charge in [-0.1, -0.05) is 13.8 Å². The van der Waals surface area contributed by atoms with Gasteiger partial charge in [0.15, 0.2) is 5.00 Å². The Morgan fingerprint density at radius 1 is 1.37 bits per heavy atom. The number of hydrogen-bond acceptors (Lipinski definition) is 7. The molecule has 0 spiro atoms. The SMILES string of the molecule is CC(C)[C@H](Nc1sc([N+](=O)[O-])cc1[N+](=O)[O-])C(=O)O.